The number of hydrogen-bond acceptors (Lipinski definition) is 5. The summed E-state index contributed by atoms with van der Waals surface area (Å²) in [6.07, 6.45) is 0. The molecule has 0 radical (unpaired) electrons. The molecule has 3 aromatic rings. The van der Waals surface area contributed by atoms with E-state index >= 15 is 0 Å². The van der Waals surface area contributed by atoms with Gasteiger partial charge in [0.1, 0.15) is 23.9 Å². The molecule has 2 aromatic carbocycles. The molecule has 0 aliphatic carbocycles. The number of aliphatic carboxylic acids is 1. The number of hydrogen-bond donors (Lipinski definition) is 2. The fourth-order valence-electron chi connectivity index (χ4n) is 2.38. The van der Waals surface area contributed by atoms with Gasteiger partial charge in [0.15, 0.2) is 5.82 Å². The van der Waals surface area contributed by atoms with Crippen LogP contribution < -0.4 is 10.1 Å². The fourth-order valence-corrected chi connectivity index (χ4v) is 2.50. The summed E-state index contributed by atoms with van der Waals surface area (Å²) in [6, 6.07) is 13.1. The van der Waals surface area contributed by atoms with E-state index in [0.717, 1.165) is 5.56 Å². The summed E-state index contributed by atoms with van der Waals surface area (Å²) in [7, 11) is 1.57. The Labute approximate surface area is 159 Å². The molecule has 0 saturated heterocycles. The third-order valence-electron chi connectivity index (χ3n) is 3.71. The molecule has 1 heterocycles. The minimum Gasteiger partial charge on any atom is -0.497 e. The molecule has 8 heteroatoms. The average molecular weight is 388 g/mol. The summed E-state index contributed by atoms with van der Waals surface area (Å²) in [4.78, 5) is 19.6. The van der Waals surface area contributed by atoms with Crippen LogP contribution in [0.3, 0.4) is 0 Å². The van der Waals surface area contributed by atoms with Crippen molar-refractivity contribution in [3.8, 4) is 28.4 Å². The number of carbonyl (C=O) groups is 1. The molecule has 138 valence electrons. The van der Waals surface area contributed by atoms with Gasteiger partial charge in [-0.25, -0.2) is 14.4 Å². The predicted octanol–water partition coefficient (Wildman–Crippen LogP) is 4.11. The van der Waals surface area contributed by atoms with Gasteiger partial charge in [-0.2, -0.15) is 0 Å². The van der Waals surface area contributed by atoms with Crippen LogP contribution in [0.2, 0.25) is 5.02 Å². The zero-order valence-corrected chi connectivity index (χ0v) is 15.0. The molecule has 0 aliphatic rings. The van der Waals surface area contributed by atoms with E-state index in [2.05, 4.69) is 15.3 Å². The van der Waals surface area contributed by atoms with E-state index < -0.39 is 11.8 Å². The van der Waals surface area contributed by atoms with E-state index in [1.54, 1.807) is 31.4 Å². The van der Waals surface area contributed by atoms with Crippen molar-refractivity contribution >= 4 is 23.4 Å². The van der Waals surface area contributed by atoms with E-state index in [0.29, 0.717) is 22.8 Å². The molecule has 2 N–H and O–H groups in total. The highest BCUT2D eigenvalue weighted by atomic mass is 35.5. The maximum atomic E-state index is 13.8. The van der Waals surface area contributed by atoms with E-state index in [-0.39, 0.29) is 17.4 Å². The first kappa shape index (κ1) is 18.6. The molecule has 0 unspecified atom stereocenters. The molecule has 1 aromatic heterocycles. The van der Waals surface area contributed by atoms with Crippen LogP contribution in [-0.2, 0) is 4.79 Å². The second-order valence-electron chi connectivity index (χ2n) is 5.57. The summed E-state index contributed by atoms with van der Waals surface area (Å²) in [5.74, 6) is -0.376. The van der Waals surface area contributed by atoms with Crippen LogP contribution >= 0.6 is 11.6 Å². The number of nitrogens with one attached hydrogen (secondary N) is 1. The minimum absolute atomic E-state index is 0.00529. The standard InChI is InChI=1S/C19H15ClFN3O3/c1-27-13-5-2-11(3-6-13)16-9-17(22-10-18(25)26)24-19(23-16)12-4-7-14(20)15(21)8-12/h2-9H,10H2,1H3,(H,25,26)(H,22,23,24). The quantitative estimate of drug-likeness (QED) is 0.662. The predicted molar refractivity (Wildman–Crippen MR) is 101 cm³/mol. The van der Waals surface area contributed by atoms with Crippen LogP contribution in [-0.4, -0.2) is 34.7 Å². The van der Waals surface area contributed by atoms with Gasteiger partial charge in [-0.05, 0) is 42.5 Å². The van der Waals surface area contributed by atoms with Gasteiger partial charge in [0.25, 0.3) is 0 Å². The molecule has 0 spiro atoms. The van der Waals surface area contributed by atoms with E-state index in [1.165, 1.54) is 12.1 Å². The summed E-state index contributed by atoms with van der Waals surface area (Å²) < 4.78 is 19.0. The zero-order valence-electron chi connectivity index (χ0n) is 14.2. The highest BCUT2D eigenvalue weighted by molar-refractivity contribution is 6.30. The molecular weight excluding hydrogens is 373 g/mol. The number of aromatic nitrogens is 2. The molecule has 0 amide bonds. The highest BCUT2D eigenvalue weighted by Gasteiger charge is 2.12. The Balaban J connectivity index is 2.06. The number of benzene rings is 2. The maximum absolute atomic E-state index is 13.8. The minimum atomic E-state index is -1.03. The molecule has 0 atom stereocenters. The fraction of sp³-hybridized carbons (Fsp3) is 0.105. The van der Waals surface area contributed by atoms with Crippen LogP contribution in [0.25, 0.3) is 22.6 Å². The molecule has 0 fully saturated rings. The second-order valence-corrected chi connectivity index (χ2v) is 5.97. The molecule has 0 aliphatic heterocycles. The number of halogens is 2. The number of nitrogens with zero attached hydrogens (tertiary/aromatic N) is 2. The monoisotopic (exact) mass is 387 g/mol. The maximum Gasteiger partial charge on any atom is 0.322 e. The molecule has 6 nitrogen and oxygen atoms in total. The Morgan fingerprint density at radius 1 is 1.15 bits per heavy atom. The third kappa shape index (κ3) is 4.51. The van der Waals surface area contributed by atoms with Gasteiger partial charge < -0.3 is 15.2 Å². The van der Waals surface area contributed by atoms with Crippen molar-refractivity contribution in [2.24, 2.45) is 0 Å². The van der Waals surface area contributed by atoms with Crippen LogP contribution in [0.5, 0.6) is 5.75 Å². The molecular formula is C19H15ClFN3O3. The van der Waals surface area contributed by atoms with Crippen molar-refractivity contribution in [3.05, 3.63) is 59.4 Å². The first-order valence-corrected chi connectivity index (χ1v) is 8.28. The van der Waals surface area contributed by atoms with Gasteiger partial charge >= 0.3 is 5.97 Å². The van der Waals surface area contributed by atoms with Crippen molar-refractivity contribution in [2.75, 3.05) is 19.0 Å². The first-order chi connectivity index (χ1) is 13.0. The number of ether oxygens (including phenoxy) is 1. The largest absolute Gasteiger partial charge is 0.497 e. The van der Waals surface area contributed by atoms with Gasteiger partial charge in [-0.15, -0.1) is 0 Å². The summed E-state index contributed by atoms with van der Waals surface area (Å²) in [6.45, 7) is -0.312. The van der Waals surface area contributed by atoms with Gasteiger partial charge in [-0.1, -0.05) is 11.6 Å². The lowest BCUT2D eigenvalue weighted by atomic mass is 10.1. The zero-order chi connectivity index (χ0) is 19.4. The lowest BCUT2D eigenvalue weighted by Crippen LogP contribution is -2.13. The first-order valence-electron chi connectivity index (χ1n) is 7.91. The van der Waals surface area contributed by atoms with Crippen molar-refractivity contribution in [2.45, 2.75) is 0 Å². The van der Waals surface area contributed by atoms with Gasteiger partial charge in [0.2, 0.25) is 0 Å². The van der Waals surface area contributed by atoms with Crippen LogP contribution in [0.1, 0.15) is 0 Å². The Morgan fingerprint density at radius 2 is 1.85 bits per heavy atom. The number of anilines is 1. The lowest BCUT2D eigenvalue weighted by molar-refractivity contribution is -0.134. The van der Waals surface area contributed by atoms with E-state index in [4.69, 9.17) is 21.4 Å². The van der Waals surface area contributed by atoms with Crippen LogP contribution in [0, 0.1) is 5.82 Å². The molecule has 0 saturated carbocycles. The summed E-state index contributed by atoms with van der Waals surface area (Å²) in [5, 5.41) is 11.6. The van der Waals surface area contributed by atoms with Crippen molar-refractivity contribution in [1.82, 2.24) is 9.97 Å². The smallest absolute Gasteiger partial charge is 0.322 e. The molecule has 27 heavy (non-hydrogen) atoms. The molecule has 3 rings (SSSR count). The lowest BCUT2D eigenvalue weighted by Gasteiger charge is -2.10. The highest BCUT2D eigenvalue weighted by Crippen LogP contribution is 2.27. The van der Waals surface area contributed by atoms with E-state index in [1.807, 2.05) is 12.1 Å². The summed E-state index contributed by atoms with van der Waals surface area (Å²) >= 11 is 5.73. The number of carboxylic acid groups (broad SMARTS) is 1. The average Bonchev–Trinajstić information content (AvgIpc) is 2.68. The normalized spacial score (nSPS) is 10.5. The van der Waals surface area contributed by atoms with E-state index in [9.17, 15) is 9.18 Å². The Bertz CT molecular complexity index is 980. The van der Waals surface area contributed by atoms with Crippen molar-refractivity contribution in [3.63, 3.8) is 0 Å². The topological polar surface area (TPSA) is 84.3 Å². The Kier molecular flexibility index (Phi) is 5.52. The van der Waals surface area contributed by atoms with Crippen LogP contribution in [0.4, 0.5) is 10.2 Å². The number of carboxylic acids is 1. The van der Waals surface area contributed by atoms with Crippen molar-refractivity contribution in [1.29, 1.82) is 0 Å². The van der Waals surface area contributed by atoms with Crippen LogP contribution in [0.15, 0.2) is 48.5 Å². The van der Waals surface area contributed by atoms with Crippen molar-refractivity contribution < 1.29 is 19.0 Å². The SMILES string of the molecule is COc1ccc(-c2cc(NCC(=O)O)nc(-c3ccc(Cl)c(F)c3)n2)cc1. The Morgan fingerprint density at radius 3 is 2.48 bits per heavy atom. The third-order valence-corrected chi connectivity index (χ3v) is 4.02. The van der Waals surface area contributed by atoms with Gasteiger partial charge in [0, 0.05) is 17.2 Å². The second kappa shape index (κ2) is 8.01. The Hall–Kier alpha value is -3.19. The number of rotatable bonds is 6. The van der Waals surface area contributed by atoms with Gasteiger partial charge in [0.05, 0.1) is 17.8 Å². The summed E-state index contributed by atoms with van der Waals surface area (Å²) in [5.41, 5.74) is 1.74. The van der Waals surface area contributed by atoms with Gasteiger partial charge in [-0.3, -0.25) is 4.79 Å². The number of methoxy groups -OCH3 is 1. The molecule has 0 bridgehead atoms.